The number of para-hydroxylation sites is 1. The maximum absolute atomic E-state index is 12.8. The normalized spacial score (nSPS) is 23.3. The highest BCUT2D eigenvalue weighted by Gasteiger charge is 2.31. The van der Waals surface area contributed by atoms with E-state index < -0.39 is 5.97 Å². The molecular formula is C19H20N2O3. The fourth-order valence-corrected chi connectivity index (χ4v) is 3.57. The van der Waals surface area contributed by atoms with Crippen molar-refractivity contribution in [2.75, 3.05) is 0 Å². The summed E-state index contributed by atoms with van der Waals surface area (Å²) in [7, 11) is 0. The van der Waals surface area contributed by atoms with Gasteiger partial charge in [0.1, 0.15) is 0 Å². The smallest absolute Gasteiger partial charge is 0.306 e. The number of hydrogen-bond donors (Lipinski definition) is 2. The van der Waals surface area contributed by atoms with Gasteiger partial charge in [0.05, 0.1) is 17.0 Å². The van der Waals surface area contributed by atoms with Crippen molar-refractivity contribution in [3.63, 3.8) is 0 Å². The monoisotopic (exact) mass is 324 g/mol. The average molecular weight is 324 g/mol. The summed E-state index contributed by atoms with van der Waals surface area (Å²) in [6.07, 6.45) is 4.14. The molecule has 2 aliphatic rings. The van der Waals surface area contributed by atoms with Gasteiger partial charge in [0.15, 0.2) is 0 Å². The summed E-state index contributed by atoms with van der Waals surface area (Å²) in [6, 6.07) is 9.56. The van der Waals surface area contributed by atoms with Crippen molar-refractivity contribution >= 4 is 22.8 Å². The number of pyridine rings is 1. The summed E-state index contributed by atoms with van der Waals surface area (Å²) in [5.74, 6) is -0.751. The molecule has 24 heavy (non-hydrogen) atoms. The lowest BCUT2D eigenvalue weighted by Crippen LogP contribution is -2.33. The van der Waals surface area contributed by atoms with Gasteiger partial charge in [-0.15, -0.1) is 0 Å². The molecule has 2 aromatic rings. The van der Waals surface area contributed by atoms with Crippen molar-refractivity contribution in [2.24, 2.45) is 5.92 Å². The molecule has 2 N–H and O–H groups in total. The van der Waals surface area contributed by atoms with E-state index in [2.05, 4.69) is 10.3 Å². The lowest BCUT2D eigenvalue weighted by Gasteiger charge is -2.14. The van der Waals surface area contributed by atoms with Crippen LogP contribution < -0.4 is 5.32 Å². The summed E-state index contributed by atoms with van der Waals surface area (Å²) in [6.45, 7) is 0. The van der Waals surface area contributed by atoms with Crippen LogP contribution in [0, 0.1) is 5.92 Å². The van der Waals surface area contributed by atoms with Gasteiger partial charge in [-0.05, 0) is 44.2 Å². The Morgan fingerprint density at radius 2 is 1.92 bits per heavy atom. The van der Waals surface area contributed by atoms with E-state index in [1.807, 2.05) is 30.3 Å². The molecule has 4 rings (SSSR count). The second kappa shape index (κ2) is 5.89. The van der Waals surface area contributed by atoms with Crippen molar-refractivity contribution in [1.29, 1.82) is 0 Å². The molecule has 0 saturated heterocycles. The topological polar surface area (TPSA) is 79.3 Å². The molecule has 5 nitrogen and oxygen atoms in total. The fraction of sp³-hybridized carbons (Fsp3) is 0.421. The van der Waals surface area contributed by atoms with Crippen LogP contribution in [0.3, 0.4) is 0 Å². The zero-order valence-corrected chi connectivity index (χ0v) is 13.4. The van der Waals surface area contributed by atoms with Crippen molar-refractivity contribution in [1.82, 2.24) is 10.3 Å². The molecule has 1 aromatic carbocycles. The molecule has 0 unspecified atom stereocenters. The lowest BCUT2D eigenvalue weighted by molar-refractivity contribution is -0.141. The Labute approximate surface area is 140 Å². The summed E-state index contributed by atoms with van der Waals surface area (Å²) in [5, 5.41) is 13.0. The number of carboxylic acids is 1. The van der Waals surface area contributed by atoms with Gasteiger partial charge in [0, 0.05) is 23.0 Å². The highest BCUT2D eigenvalue weighted by molar-refractivity contribution is 6.06. The van der Waals surface area contributed by atoms with E-state index in [9.17, 15) is 9.59 Å². The number of carbonyl (C=O) groups excluding carboxylic acids is 1. The Balaban J connectivity index is 1.61. The number of aliphatic carboxylic acids is 1. The van der Waals surface area contributed by atoms with E-state index in [1.54, 1.807) is 0 Å². The minimum Gasteiger partial charge on any atom is -0.481 e. The first-order valence-electron chi connectivity index (χ1n) is 8.55. The summed E-state index contributed by atoms with van der Waals surface area (Å²) in [5.41, 5.74) is 2.50. The van der Waals surface area contributed by atoms with Crippen molar-refractivity contribution in [2.45, 2.75) is 44.1 Å². The lowest BCUT2D eigenvalue weighted by atomic mass is 10.0. The number of fused-ring (bicyclic) bond motifs is 1. The number of rotatable bonds is 4. The second-order valence-electron chi connectivity index (χ2n) is 6.90. The molecule has 2 saturated carbocycles. The third-order valence-corrected chi connectivity index (χ3v) is 5.09. The molecular weight excluding hydrogens is 304 g/mol. The molecule has 0 bridgehead atoms. The molecule has 1 aromatic heterocycles. The SMILES string of the molecule is O=C(N[C@H]1CC[C@@H](C(=O)O)C1)c1cc(C2CC2)nc2ccccc12. The summed E-state index contributed by atoms with van der Waals surface area (Å²) < 4.78 is 0. The van der Waals surface area contributed by atoms with Gasteiger partial charge >= 0.3 is 5.97 Å². The Morgan fingerprint density at radius 3 is 2.62 bits per heavy atom. The number of benzene rings is 1. The van der Waals surface area contributed by atoms with E-state index in [1.165, 1.54) is 0 Å². The van der Waals surface area contributed by atoms with E-state index in [0.29, 0.717) is 24.3 Å². The van der Waals surface area contributed by atoms with Gasteiger partial charge in [-0.2, -0.15) is 0 Å². The molecule has 2 fully saturated rings. The third-order valence-electron chi connectivity index (χ3n) is 5.09. The Hall–Kier alpha value is -2.43. The summed E-state index contributed by atoms with van der Waals surface area (Å²) in [4.78, 5) is 28.6. The zero-order valence-electron chi connectivity index (χ0n) is 13.4. The molecule has 2 atom stereocenters. The molecule has 2 aliphatic carbocycles. The molecule has 0 radical (unpaired) electrons. The van der Waals surface area contributed by atoms with Crippen LogP contribution in [0.1, 0.15) is 54.1 Å². The van der Waals surface area contributed by atoms with Crippen molar-refractivity contribution < 1.29 is 14.7 Å². The maximum Gasteiger partial charge on any atom is 0.306 e. The van der Waals surface area contributed by atoms with Crippen LogP contribution >= 0.6 is 0 Å². The highest BCUT2D eigenvalue weighted by atomic mass is 16.4. The molecule has 0 spiro atoms. The standard InChI is InChI=1S/C19H20N2O3/c22-18(20-13-8-7-12(9-13)19(23)24)15-10-17(11-5-6-11)21-16-4-2-1-3-14(15)16/h1-4,10-13H,5-9H2,(H,20,22)(H,23,24)/t12-,13+/m1/s1. The van der Waals surface area contributed by atoms with E-state index in [4.69, 9.17) is 5.11 Å². The van der Waals surface area contributed by atoms with E-state index in [0.717, 1.165) is 35.9 Å². The first-order valence-corrected chi connectivity index (χ1v) is 8.55. The third kappa shape index (κ3) is 2.86. The number of nitrogens with zero attached hydrogens (tertiary/aromatic N) is 1. The number of carboxylic acid groups (broad SMARTS) is 1. The van der Waals surface area contributed by atoms with Gasteiger partial charge < -0.3 is 10.4 Å². The number of hydrogen-bond acceptors (Lipinski definition) is 3. The van der Waals surface area contributed by atoms with Crippen LogP contribution in [0.25, 0.3) is 10.9 Å². The maximum atomic E-state index is 12.8. The summed E-state index contributed by atoms with van der Waals surface area (Å²) >= 11 is 0. The van der Waals surface area contributed by atoms with Crippen molar-refractivity contribution in [3.8, 4) is 0 Å². The Bertz CT molecular complexity index is 813. The van der Waals surface area contributed by atoms with Gasteiger partial charge in [0.25, 0.3) is 5.91 Å². The minimum absolute atomic E-state index is 0.0603. The van der Waals surface area contributed by atoms with Crippen LogP contribution in [0.4, 0.5) is 0 Å². The van der Waals surface area contributed by atoms with Crippen LogP contribution in [0.15, 0.2) is 30.3 Å². The fourth-order valence-electron chi connectivity index (χ4n) is 3.57. The molecule has 5 heteroatoms. The van der Waals surface area contributed by atoms with Gasteiger partial charge in [-0.3, -0.25) is 14.6 Å². The first kappa shape index (κ1) is 15.1. The predicted octanol–water partition coefficient (Wildman–Crippen LogP) is 3.10. The molecule has 124 valence electrons. The van der Waals surface area contributed by atoms with Crippen molar-refractivity contribution in [3.05, 3.63) is 41.6 Å². The van der Waals surface area contributed by atoms with E-state index >= 15 is 0 Å². The first-order chi connectivity index (χ1) is 11.6. The van der Waals surface area contributed by atoms with Crippen LogP contribution in [-0.4, -0.2) is 28.0 Å². The quantitative estimate of drug-likeness (QED) is 0.906. The number of carbonyl (C=O) groups is 2. The van der Waals surface area contributed by atoms with Gasteiger partial charge in [-0.25, -0.2) is 0 Å². The van der Waals surface area contributed by atoms with E-state index in [-0.39, 0.29) is 17.9 Å². The second-order valence-corrected chi connectivity index (χ2v) is 6.90. The molecule has 1 amide bonds. The number of amides is 1. The largest absolute Gasteiger partial charge is 0.481 e. The number of aromatic nitrogens is 1. The Kier molecular flexibility index (Phi) is 3.71. The van der Waals surface area contributed by atoms with Crippen LogP contribution in [0.2, 0.25) is 0 Å². The Morgan fingerprint density at radius 1 is 1.12 bits per heavy atom. The minimum atomic E-state index is -0.767. The molecule has 0 aliphatic heterocycles. The predicted molar refractivity (Wildman–Crippen MR) is 89.9 cm³/mol. The van der Waals surface area contributed by atoms with Crippen LogP contribution in [0.5, 0.6) is 0 Å². The van der Waals surface area contributed by atoms with Crippen LogP contribution in [-0.2, 0) is 4.79 Å². The number of nitrogens with one attached hydrogen (secondary N) is 1. The molecule has 1 heterocycles. The van der Waals surface area contributed by atoms with Gasteiger partial charge in [0.2, 0.25) is 0 Å². The highest BCUT2D eigenvalue weighted by Crippen LogP contribution is 2.40. The average Bonchev–Trinajstić information content (AvgIpc) is 3.33. The van der Waals surface area contributed by atoms with Gasteiger partial charge in [-0.1, -0.05) is 18.2 Å². The zero-order chi connectivity index (χ0) is 16.7.